The summed E-state index contributed by atoms with van der Waals surface area (Å²) in [5.74, 6) is -0.205. The van der Waals surface area contributed by atoms with E-state index in [1.165, 1.54) is 7.11 Å². The van der Waals surface area contributed by atoms with E-state index in [1.807, 2.05) is 50.2 Å². The Labute approximate surface area is 148 Å². The number of hydrogen-bond acceptors (Lipinski definition) is 4. The molecule has 0 heterocycles. The average molecular weight is 341 g/mol. The second kappa shape index (κ2) is 8.87. The van der Waals surface area contributed by atoms with Crippen LogP contribution in [0.1, 0.15) is 30.4 Å². The molecule has 0 aromatic heterocycles. The van der Waals surface area contributed by atoms with Gasteiger partial charge in [-0.05, 0) is 36.1 Å². The van der Waals surface area contributed by atoms with E-state index < -0.39 is 11.9 Å². The van der Waals surface area contributed by atoms with E-state index >= 15 is 0 Å². The average Bonchev–Trinajstić information content (AvgIpc) is 2.61. The molecule has 25 heavy (non-hydrogen) atoms. The molecule has 1 N–H and O–H groups in total. The number of aryl methyl sites for hydroxylation is 1. The van der Waals surface area contributed by atoms with Crippen LogP contribution in [0.5, 0.6) is 5.75 Å². The minimum Gasteiger partial charge on any atom is -0.495 e. The number of nitrogens with one attached hydrogen (secondary N) is 1. The van der Waals surface area contributed by atoms with Crippen molar-refractivity contribution in [1.29, 1.82) is 0 Å². The quantitative estimate of drug-likeness (QED) is 0.780. The maximum absolute atomic E-state index is 12.0. The van der Waals surface area contributed by atoms with Crippen LogP contribution in [-0.2, 0) is 14.3 Å². The van der Waals surface area contributed by atoms with Gasteiger partial charge < -0.3 is 14.8 Å². The second-order valence-corrected chi connectivity index (χ2v) is 5.93. The molecule has 1 atom stereocenters. The van der Waals surface area contributed by atoms with Gasteiger partial charge in [-0.25, -0.2) is 0 Å². The summed E-state index contributed by atoms with van der Waals surface area (Å²) in [4.78, 5) is 23.9. The van der Waals surface area contributed by atoms with Crippen molar-refractivity contribution in [2.75, 3.05) is 19.0 Å². The summed E-state index contributed by atoms with van der Waals surface area (Å²) in [5.41, 5.74) is 2.61. The van der Waals surface area contributed by atoms with E-state index in [0.717, 1.165) is 11.1 Å². The van der Waals surface area contributed by atoms with Gasteiger partial charge in [-0.15, -0.1) is 0 Å². The highest BCUT2D eigenvalue weighted by Gasteiger charge is 2.14. The van der Waals surface area contributed by atoms with Gasteiger partial charge in [-0.1, -0.05) is 43.3 Å². The highest BCUT2D eigenvalue weighted by Crippen LogP contribution is 2.25. The molecule has 5 heteroatoms. The number of hydrogen-bond donors (Lipinski definition) is 1. The predicted molar refractivity (Wildman–Crippen MR) is 96.8 cm³/mol. The van der Waals surface area contributed by atoms with Gasteiger partial charge in [-0.2, -0.15) is 0 Å². The van der Waals surface area contributed by atoms with Gasteiger partial charge >= 0.3 is 5.97 Å². The Morgan fingerprint density at radius 2 is 1.84 bits per heavy atom. The molecule has 0 saturated carbocycles. The smallest absolute Gasteiger partial charge is 0.306 e. The maximum atomic E-state index is 12.0. The summed E-state index contributed by atoms with van der Waals surface area (Å²) >= 11 is 0. The van der Waals surface area contributed by atoms with Crippen LogP contribution < -0.4 is 10.1 Å². The van der Waals surface area contributed by atoms with Crippen molar-refractivity contribution in [3.8, 4) is 5.75 Å². The third kappa shape index (κ3) is 5.64. The number of amides is 1. The summed E-state index contributed by atoms with van der Waals surface area (Å²) in [7, 11) is 1.53. The standard InChI is InChI=1S/C20H23NO4/c1-14-9-10-18(24-3)17(11-14)21-19(22)13-25-20(23)12-15(2)16-7-5-4-6-8-16/h4-11,15H,12-13H2,1-3H3,(H,21,22)/t15-/m0/s1. The van der Waals surface area contributed by atoms with Crippen molar-refractivity contribution in [2.45, 2.75) is 26.2 Å². The normalized spacial score (nSPS) is 11.5. The van der Waals surface area contributed by atoms with Crippen LogP contribution in [0.4, 0.5) is 5.69 Å². The summed E-state index contributed by atoms with van der Waals surface area (Å²) in [6.07, 6.45) is 0.227. The van der Waals surface area contributed by atoms with Crippen molar-refractivity contribution < 1.29 is 19.1 Å². The Kier molecular flexibility index (Phi) is 6.57. The first kappa shape index (κ1) is 18.5. The van der Waals surface area contributed by atoms with Crippen LogP contribution in [0.15, 0.2) is 48.5 Å². The van der Waals surface area contributed by atoms with Gasteiger partial charge in [0.2, 0.25) is 0 Å². The van der Waals surface area contributed by atoms with Gasteiger partial charge in [-0.3, -0.25) is 9.59 Å². The molecule has 0 bridgehead atoms. The molecule has 5 nitrogen and oxygen atoms in total. The number of esters is 1. The van der Waals surface area contributed by atoms with Gasteiger partial charge in [0.15, 0.2) is 6.61 Å². The lowest BCUT2D eigenvalue weighted by molar-refractivity contribution is -0.147. The third-order valence-electron chi connectivity index (χ3n) is 3.83. The molecule has 2 rings (SSSR count). The lowest BCUT2D eigenvalue weighted by Crippen LogP contribution is -2.21. The Balaban J connectivity index is 1.83. The van der Waals surface area contributed by atoms with Gasteiger partial charge in [0, 0.05) is 0 Å². The highest BCUT2D eigenvalue weighted by atomic mass is 16.5. The van der Waals surface area contributed by atoms with E-state index in [4.69, 9.17) is 9.47 Å². The van der Waals surface area contributed by atoms with Crippen LogP contribution >= 0.6 is 0 Å². The molecule has 2 aromatic carbocycles. The Morgan fingerprint density at radius 3 is 2.52 bits per heavy atom. The fourth-order valence-electron chi connectivity index (χ4n) is 2.46. The molecule has 0 fully saturated rings. The maximum Gasteiger partial charge on any atom is 0.306 e. The van der Waals surface area contributed by atoms with Gasteiger partial charge in [0.05, 0.1) is 19.2 Å². The number of ether oxygens (including phenoxy) is 2. The fraction of sp³-hybridized carbons (Fsp3) is 0.300. The summed E-state index contributed by atoms with van der Waals surface area (Å²) in [5, 5.41) is 2.70. The largest absolute Gasteiger partial charge is 0.495 e. The summed E-state index contributed by atoms with van der Waals surface area (Å²) in [6, 6.07) is 15.2. The lowest BCUT2D eigenvalue weighted by atomic mass is 9.98. The second-order valence-electron chi connectivity index (χ2n) is 5.93. The molecular weight excluding hydrogens is 318 g/mol. The summed E-state index contributed by atoms with van der Waals surface area (Å²) < 4.78 is 10.3. The van der Waals surface area contributed by atoms with Crippen molar-refractivity contribution in [3.63, 3.8) is 0 Å². The van der Waals surface area contributed by atoms with E-state index in [0.29, 0.717) is 11.4 Å². The molecule has 0 saturated heterocycles. The van der Waals surface area contributed by atoms with E-state index in [2.05, 4.69) is 5.32 Å². The molecule has 0 radical (unpaired) electrons. The van der Waals surface area contributed by atoms with E-state index in [-0.39, 0.29) is 18.9 Å². The molecule has 0 aliphatic heterocycles. The number of anilines is 1. The SMILES string of the molecule is COc1ccc(C)cc1NC(=O)COC(=O)C[C@H](C)c1ccccc1. The van der Waals surface area contributed by atoms with Crippen LogP contribution in [0.25, 0.3) is 0 Å². The fourth-order valence-corrected chi connectivity index (χ4v) is 2.46. The van der Waals surface area contributed by atoms with Crippen LogP contribution in [0.3, 0.4) is 0 Å². The molecule has 2 aromatic rings. The zero-order valence-corrected chi connectivity index (χ0v) is 14.7. The van der Waals surface area contributed by atoms with E-state index in [9.17, 15) is 9.59 Å². The zero-order chi connectivity index (χ0) is 18.2. The minimum atomic E-state index is -0.400. The molecular formula is C20H23NO4. The van der Waals surface area contributed by atoms with Gasteiger partial charge in [0.1, 0.15) is 5.75 Å². The monoisotopic (exact) mass is 341 g/mol. The van der Waals surface area contributed by atoms with Crippen LogP contribution in [0, 0.1) is 6.92 Å². The first-order valence-electron chi connectivity index (χ1n) is 8.14. The van der Waals surface area contributed by atoms with Gasteiger partial charge in [0.25, 0.3) is 5.91 Å². The topological polar surface area (TPSA) is 64.6 Å². The third-order valence-corrected chi connectivity index (χ3v) is 3.83. The number of carbonyl (C=O) groups excluding carboxylic acids is 2. The minimum absolute atomic E-state index is 0.0358. The Hall–Kier alpha value is -2.82. The zero-order valence-electron chi connectivity index (χ0n) is 14.7. The predicted octanol–water partition coefficient (Wildman–Crippen LogP) is 3.68. The molecule has 1 amide bonds. The lowest BCUT2D eigenvalue weighted by Gasteiger charge is -2.13. The van der Waals surface area contributed by atoms with E-state index in [1.54, 1.807) is 12.1 Å². The van der Waals surface area contributed by atoms with Crippen molar-refractivity contribution in [2.24, 2.45) is 0 Å². The number of rotatable bonds is 7. The Bertz CT molecular complexity index is 728. The first-order valence-corrected chi connectivity index (χ1v) is 8.14. The molecule has 132 valence electrons. The molecule has 0 spiro atoms. The molecule has 0 unspecified atom stereocenters. The van der Waals surface area contributed by atoms with Crippen molar-refractivity contribution >= 4 is 17.6 Å². The van der Waals surface area contributed by atoms with Crippen LogP contribution in [0.2, 0.25) is 0 Å². The van der Waals surface area contributed by atoms with Crippen LogP contribution in [-0.4, -0.2) is 25.6 Å². The van der Waals surface area contributed by atoms with Crippen molar-refractivity contribution in [1.82, 2.24) is 0 Å². The number of carbonyl (C=O) groups is 2. The highest BCUT2D eigenvalue weighted by molar-refractivity contribution is 5.94. The number of methoxy groups -OCH3 is 1. The first-order chi connectivity index (χ1) is 12.0. The molecule has 0 aliphatic carbocycles. The van der Waals surface area contributed by atoms with Crippen molar-refractivity contribution in [3.05, 3.63) is 59.7 Å². The Morgan fingerprint density at radius 1 is 1.12 bits per heavy atom. The number of benzene rings is 2. The summed E-state index contributed by atoms with van der Waals surface area (Å²) in [6.45, 7) is 3.55. The molecule has 0 aliphatic rings.